The average molecular weight is 889 g/mol. The van der Waals surface area contributed by atoms with Gasteiger partial charge in [-0.15, -0.1) is 0 Å². The van der Waals surface area contributed by atoms with Crippen molar-refractivity contribution < 1.29 is 0 Å². The van der Waals surface area contributed by atoms with Crippen molar-refractivity contribution in [2.24, 2.45) is 0 Å². The van der Waals surface area contributed by atoms with Gasteiger partial charge in [0.2, 0.25) is 0 Å². The summed E-state index contributed by atoms with van der Waals surface area (Å²) >= 11 is 0. The summed E-state index contributed by atoms with van der Waals surface area (Å²) in [6.45, 7) is 29.5. The standard InChI is InChI=1S/C69H60/c1-37-31-50-51-32-38(2)59-60-47-22-14-13-19-42(47)49(41-27-29-46-44-21-16-18-24-53(44)66(5,6)55(46)35-41)36-57(60)68(9,10)64(59)62(51)69(11,12)61(50)63-58(37)48-30-26-40(34-56(48)67(63,7)8)39-25-28-45-43-20-15-17-23-52(43)65(3,4)54(45)33-39/h13-36H,1-12H3. The predicted octanol–water partition coefficient (Wildman–Crippen LogP) is 18.3. The summed E-state index contributed by atoms with van der Waals surface area (Å²) in [4.78, 5) is 0. The Kier molecular flexibility index (Phi) is 7.71. The molecule has 0 amide bonds. The molecule has 0 bridgehead atoms. The first-order valence-electron chi connectivity index (χ1n) is 25.4. The SMILES string of the molecule is Cc1cc2c(c3c1-c1ccc(-c4ccc5c(c4)C(C)(C)c4ccccc4-5)cc1C3(C)C)C(C)(C)c1c-2cc(C)c2c1C(C)(C)c1cc(-c3ccc4c(c3)C(C)(C)c3ccccc3-4)c3ccccc3c1-2. The van der Waals surface area contributed by atoms with Gasteiger partial charge in [0.05, 0.1) is 0 Å². The molecule has 0 nitrogen and oxygen atoms in total. The largest absolute Gasteiger partial charge is 0.0619 e. The van der Waals surface area contributed by atoms with E-state index in [-0.39, 0.29) is 27.1 Å². The first-order chi connectivity index (χ1) is 32.8. The fourth-order valence-electron chi connectivity index (χ4n) is 15.3. The molecule has 14 rings (SSSR count). The summed E-state index contributed by atoms with van der Waals surface area (Å²) in [5, 5.41) is 2.69. The summed E-state index contributed by atoms with van der Waals surface area (Å²) in [7, 11) is 0. The fourth-order valence-corrected chi connectivity index (χ4v) is 15.3. The van der Waals surface area contributed by atoms with E-state index in [0.717, 1.165) is 0 Å². The maximum Gasteiger partial charge on any atom is 0.0165 e. The zero-order chi connectivity index (χ0) is 47.6. The van der Waals surface area contributed by atoms with Gasteiger partial charge in [0, 0.05) is 27.1 Å². The Labute approximate surface area is 409 Å². The van der Waals surface area contributed by atoms with Gasteiger partial charge < -0.3 is 0 Å². The van der Waals surface area contributed by atoms with E-state index in [1.165, 1.54) is 155 Å². The molecule has 0 aliphatic heterocycles. The summed E-state index contributed by atoms with van der Waals surface area (Å²) in [6.07, 6.45) is 0. The molecule has 0 saturated carbocycles. The number of aryl methyl sites for hydroxylation is 2. The van der Waals surface area contributed by atoms with Crippen LogP contribution in [0.25, 0.3) is 88.7 Å². The van der Waals surface area contributed by atoms with Crippen molar-refractivity contribution in [1.29, 1.82) is 0 Å². The van der Waals surface area contributed by atoms with Crippen molar-refractivity contribution in [3.05, 3.63) is 212 Å². The molecule has 0 spiro atoms. The predicted molar refractivity (Wildman–Crippen MR) is 292 cm³/mol. The van der Waals surface area contributed by atoms with Gasteiger partial charge in [0.15, 0.2) is 0 Å². The highest BCUT2D eigenvalue weighted by Crippen LogP contribution is 2.66. The van der Waals surface area contributed by atoms with Gasteiger partial charge in [-0.2, -0.15) is 0 Å². The van der Waals surface area contributed by atoms with E-state index in [1.54, 1.807) is 0 Å². The molecule has 5 aliphatic carbocycles. The Balaban J connectivity index is 0.916. The Bertz CT molecular complexity index is 3870. The maximum absolute atomic E-state index is 2.59. The van der Waals surface area contributed by atoms with Crippen LogP contribution in [0, 0.1) is 13.8 Å². The Hall–Kier alpha value is -6.76. The lowest BCUT2D eigenvalue weighted by atomic mass is 9.68. The molecule has 0 heterocycles. The van der Waals surface area contributed by atoms with Crippen molar-refractivity contribution in [2.45, 2.75) is 110 Å². The van der Waals surface area contributed by atoms with Crippen molar-refractivity contribution in [1.82, 2.24) is 0 Å². The minimum atomic E-state index is -0.235. The number of fused-ring (bicyclic) bond motifs is 19. The summed E-state index contributed by atoms with van der Waals surface area (Å²) < 4.78 is 0. The lowest BCUT2D eigenvalue weighted by Gasteiger charge is -2.34. The topological polar surface area (TPSA) is 0 Å². The van der Waals surface area contributed by atoms with E-state index in [2.05, 4.69) is 229 Å². The highest BCUT2D eigenvalue weighted by Gasteiger charge is 2.51. The summed E-state index contributed by atoms with van der Waals surface area (Å²) in [6, 6.07) is 56.8. The molecule has 0 fully saturated rings. The Morgan fingerprint density at radius 2 is 0.667 bits per heavy atom. The van der Waals surface area contributed by atoms with E-state index in [4.69, 9.17) is 0 Å². The quantitative estimate of drug-likeness (QED) is 0.162. The second-order valence-corrected chi connectivity index (χ2v) is 24.1. The van der Waals surface area contributed by atoms with Gasteiger partial charge >= 0.3 is 0 Å². The maximum atomic E-state index is 2.59. The zero-order valence-electron chi connectivity index (χ0n) is 42.4. The molecule has 336 valence electrons. The molecule has 9 aromatic rings. The van der Waals surface area contributed by atoms with Crippen LogP contribution in [0.15, 0.2) is 146 Å². The normalized spacial score (nSPS) is 17.6. The van der Waals surface area contributed by atoms with Gasteiger partial charge in [-0.1, -0.05) is 191 Å². The van der Waals surface area contributed by atoms with Crippen molar-refractivity contribution in [3.8, 4) is 77.9 Å². The van der Waals surface area contributed by atoms with Crippen LogP contribution in [-0.4, -0.2) is 0 Å². The molecule has 0 heteroatoms. The molecule has 0 radical (unpaired) electrons. The number of rotatable bonds is 2. The van der Waals surface area contributed by atoms with Crippen LogP contribution >= 0.6 is 0 Å². The molecular weight excluding hydrogens is 829 g/mol. The highest BCUT2D eigenvalue weighted by molar-refractivity contribution is 6.11. The minimum Gasteiger partial charge on any atom is -0.0619 e. The van der Waals surface area contributed by atoms with Crippen LogP contribution in [0.1, 0.15) is 136 Å². The Morgan fingerprint density at radius 3 is 1.25 bits per heavy atom. The van der Waals surface area contributed by atoms with E-state index >= 15 is 0 Å². The van der Waals surface area contributed by atoms with Crippen molar-refractivity contribution in [2.75, 3.05) is 0 Å². The molecule has 0 N–H and O–H groups in total. The number of hydrogen-bond acceptors (Lipinski definition) is 0. The van der Waals surface area contributed by atoms with Gasteiger partial charge in [-0.05, 0) is 194 Å². The molecule has 0 aromatic heterocycles. The van der Waals surface area contributed by atoms with Gasteiger partial charge in [-0.3, -0.25) is 0 Å². The van der Waals surface area contributed by atoms with E-state index < -0.39 is 0 Å². The molecule has 0 saturated heterocycles. The highest BCUT2D eigenvalue weighted by atomic mass is 14.5. The molecular formula is C69H60. The van der Waals surface area contributed by atoms with Gasteiger partial charge in [-0.25, -0.2) is 0 Å². The fraction of sp³-hybridized carbons (Fsp3) is 0.246. The molecule has 5 aliphatic rings. The third kappa shape index (κ3) is 4.91. The first kappa shape index (κ1) is 41.2. The van der Waals surface area contributed by atoms with Crippen LogP contribution < -0.4 is 0 Å². The molecule has 9 aromatic carbocycles. The Morgan fingerprint density at radius 1 is 0.246 bits per heavy atom. The second kappa shape index (κ2) is 12.9. The molecule has 69 heavy (non-hydrogen) atoms. The van der Waals surface area contributed by atoms with Crippen LogP contribution in [0.5, 0.6) is 0 Å². The monoisotopic (exact) mass is 888 g/mol. The second-order valence-electron chi connectivity index (χ2n) is 24.1. The van der Waals surface area contributed by atoms with Crippen LogP contribution in [0.2, 0.25) is 0 Å². The van der Waals surface area contributed by atoms with Gasteiger partial charge in [0.25, 0.3) is 0 Å². The third-order valence-corrected chi connectivity index (χ3v) is 18.6. The molecule has 0 atom stereocenters. The number of hydrogen-bond donors (Lipinski definition) is 0. The first-order valence-corrected chi connectivity index (χ1v) is 25.4. The summed E-state index contributed by atoms with van der Waals surface area (Å²) in [5.41, 5.74) is 35.9. The van der Waals surface area contributed by atoms with Crippen molar-refractivity contribution in [3.63, 3.8) is 0 Å². The minimum absolute atomic E-state index is 0.0383. The average Bonchev–Trinajstić information content (AvgIpc) is 3.97. The van der Waals surface area contributed by atoms with E-state index in [9.17, 15) is 0 Å². The van der Waals surface area contributed by atoms with Crippen LogP contribution in [0.4, 0.5) is 0 Å². The smallest absolute Gasteiger partial charge is 0.0165 e. The lowest BCUT2D eigenvalue weighted by Crippen LogP contribution is -2.27. The van der Waals surface area contributed by atoms with Crippen LogP contribution in [-0.2, 0) is 27.1 Å². The molecule has 0 unspecified atom stereocenters. The summed E-state index contributed by atoms with van der Waals surface area (Å²) in [5.74, 6) is 0. The van der Waals surface area contributed by atoms with Crippen LogP contribution in [0.3, 0.4) is 0 Å². The van der Waals surface area contributed by atoms with E-state index in [0.29, 0.717) is 0 Å². The third-order valence-electron chi connectivity index (χ3n) is 18.6. The van der Waals surface area contributed by atoms with Crippen molar-refractivity contribution >= 4 is 10.8 Å². The van der Waals surface area contributed by atoms with Gasteiger partial charge in [0.1, 0.15) is 0 Å². The lowest BCUT2D eigenvalue weighted by molar-refractivity contribution is 0.578. The van der Waals surface area contributed by atoms with E-state index in [1.807, 2.05) is 0 Å². The zero-order valence-corrected chi connectivity index (χ0v) is 42.4. The number of benzene rings is 9.